The number of thiophene rings is 1. The Labute approximate surface area is 275 Å². The Kier molecular flexibility index (Phi) is 6.99. The Morgan fingerprint density at radius 3 is 2.49 bits per heavy atom. The van der Waals surface area contributed by atoms with Gasteiger partial charge in [-0.05, 0) is 54.6 Å². The maximum atomic E-state index is 13.7. The van der Waals surface area contributed by atoms with Crippen LogP contribution in [0.3, 0.4) is 0 Å². The van der Waals surface area contributed by atoms with Crippen LogP contribution in [0.2, 0.25) is 25.7 Å². The van der Waals surface area contributed by atoms with Crippen LogP contribution in [0.25, 0.3) is 64.3 Å². The summed E-state index contributed by atoms with van der Waals surface area (Å²) in [4.78, 5) is 18.3. The van der Waals surface area contributed by atoms with Crippen LogP contribution < -0.4 is 5.63 Å². The molecule has 47 heavy (non-hydrogen) atoms. The molecule has 8 nitrogen and oxygen atoms in total. The topological polar surface area (TPSA) is 96.3 Å². The molecule has 0 aliphatic heterocycles. The summed E-state index contributed by atoms with van der Waals surface area (Å²) in [6.45, 7) is 7.72. The van der Waals surface area contributed by atoms with Crippen LogP contribution in [0, 0.1) is 0 Å². The van der Waals surface area contributed by atoms with Crippen molar-refractivity contribution in [2.45, 2.75) is 37.3 Å². The van der Waals surface area contributed by atoms with E-state index in [2.05, 4.69) is 36.8 Å². The van der Waals surface area contributed by atoms with Crippen molar-refractivity contribution in [1.29, 1.82) is 0 Å². The zero-order valence-electron chi connectivity index (χ0n) is 26.1. The van der Waals surface area contributed by atoms with Crippen LogP contribution in [-0.4, -0.2) is 36.6 Å². The van der Waals surface area contributed by atoms with Gasteiger partial charge in [0.1, 0.15) is 12.3 Å². The van der Waals surface area contributed by atoms with Crippen molar-refractivity contribution in [2.24, 2.45) is 0 Å². The average Bonchev–Trinajstić information content (AvgIpc) is 3.77. The lowest BCUT2D eigenvalue weighted by Crippen LogP contribution is -2.22. The highest BCUT2D eigenvalue weighted by molar-refractivity contribution is 7.90. The summed E-state index contributed by atoms with van der Waals surface area (Å²) in [5.41, 5.74) is 2.55. The maximum absolute atomic E-state index is 13.7. The Hall–Kier alpha value is -4.55. The van der Waals surface area contributed by atoms with Gasteiger partial charge in [0.25, 0.3) is 10.0 Å². The molecule has 0 radical (unpaired) electrons. The second-order valence-electron chi connectivity index (χ2n) is 12.9. The number of pyridine rings is 1. The molecule has 3 aromatic carbocycles. The summed E-state index contributed by atoms with van der Waals surface area (Å²) in [5, 5.41) is 4.17. The van der Waals surface area contributed by atoms with E-state index in [-0.39, 0.29) is 11.6 Å². The van der Waals surface area contributed by atoms with Gasteiger partial charge in [-0.15, -0.1) is 11.3 Å². The molecule has 0 saturated heterocycles. The van der Waals surface area contributed by atoms with E-state index in [1.165, 1.54) is 10.2 Å². The van der Waals surface area contributed by atoms with E-state index >= 15 is 0 Å². The first-order chi connectivity index (χ1) is 22.6. The summed E-state index contributed by atoms with van der Waals surface area (Å²) in [7, 11) is -5.26. The first-order valence-corrected chi connectivity index (χ1v) is 21.3. The van der Waals surface area contributed by atoms with Gasteiger partial charge < -0.3 is 13.7 Å². The fourth-order valence-electron chi connectivity index (χ4n) is 6.24. The van der Waals surface area contributed by atoms with E-state index < -0.39 is 23.7 Å². The van der Waals surface area contributed by atoms with E-state index in [4.69, 9.17) is 9.15 Å². The van der Waals surface area contributed by atoms with Crippen LogP contribution in [0.4, 0.5) is 0 Å². The van der Waals surface area contributed by atoms with E-state index in [0.717, 1.165) is 42.7 Å². The maximum Gasteiger partial charge on any atom is 0.345 e. The molecule has 8 rings (SSSR count). The quantitative estimate of drug-likeness (QED) is 0.0907. The number of ether oxygens (including phenoxy) is 1. The largest absolute Gasteiger partial charge is 0.422 e. The van der Waals surface area contributed by atoms with Crippen LogP contribution in [0.5, 0.6) is 0 Å². The minimum absolute atomic E-state index is 0.172. The molecule has 0 bridgehead atoms. The first-order valence-electron chi connectivity index (χ1n) is 15.4. The number of hydrogen-bond acceptors (Lipinski definition) is 7. The zero-order valence-corrected chi connectivity index (χ0v) is 28.7. The van der Waals surface area contributed by atoms with Gasteiger partial charge in [0, 0.05) is 58.2 Å². The molecule has 0 N–H and O–H groups in total. The molecule has 0 amide bonds. The summed E-state index contributed by atoms with van der Waals surface area (Å²) < 4.78 is 45.1. The van der Waals surface area contributed by atoms with Gasteiger partial charge in [-0.3, -0.25) is 0 Å². The van der Waals surface area contributed by atoms with Crippen molar-refractivity contribution in [3.05, 3.63) is 108 Å². The van der Waals surface area contributed by atoms with Crippen LogP contribution in [-0.2, 0) is 21.5 Å². The second-order valence-corrected chi connectivity index (χ2v) is 21.4. The van der Waals surface area contributed by atoms with Crippen molar-refractivity contribution in [3.63, 3.8) is 0 Å². The third-order valence-corrected chi connectivity index (χ3v) is 13.2. The highest BCUT2D eigenvalue weighted by Gasteiger charge is 2.25. The minimum atomic E-state index is -3.90. The highest BCUT2D eigenvalue weighted by atomic mass is 32.2. The molecule has 5 aromatic heterocycles. The normalized spacial score (nSPS) is 12.7. The Balaban J connectivity index is 1.40. The fourth-order valence-corrected chi connectivity index (χ4v) is 9.56. The number of nitrogens with zero attached hydrogens (tertiary/aromatic N) is 3. The van der Waals surface area contributed by atoms with Gasteiger partial charge in [0.2, 0.25) is 0 Å². The molecule has 0 fully saturated rings. The number of rotatable bonds is 8. The smallest absolute Gasteiger partial charge is 0.345 e. The Bertz CT molecular complexity index is 2670. The molecule has 236 valence electrons. The Morgan fingerprint density at radius 2 is 1.68 bits per heavy atom. The number of benzene rings is 3. The van der Waals surface area contributed by atoms with Crippen molar-refractivity contribution in [2.75, 3.05) is 6.61 Å². The summed E-state index contributed by atoms with van der Waals surface area (Å²) in [5.74, 6) is 0. The molecule has 0 spiro atoms. The molecule has 0 unspecified atom stereocenters. The molecule has 0 aliphatic rings. The third kappa shape index (κ3) is 4.92. The first kappa shape index (κ1) is 29.8. The molecular weight excluding hydrogens is 647 g/mol. The van der Waals surface area contributed by atoms with E-state index in [1.807, 2.05) is 41.0 Å². The highest BCUT2D eigenvalue weighted by Crippen LogP contribution is 2.42. The van der Waals surface area contributed by atoms with E-state index in [0.29, 0.717) is 34.3 Å². The molecule has 0 atom stereocenters. The van der Waals surface area contributed by atoms with Gasteiger partial charge >= 0.3 is 5.63 Å². The predicted octanol–water partition coefficient (Wildman–Crippen LogP) is 8.68. The fraction of sp³-hybridized carbons (Fsp3) is 0.167. The lowest BCUT2D eigenvalue weighted by Gasteiger charge is -2.17. The van der Waals surface area contributed by atoms with Crippen molar-refractivity contribution >= 4 is 82.5 Å². The van der Waals surface area contributed by atoms with Crippen molar-refractivity contribution < 1.29 is 17.6 Å². The van der Waals surface area contributed by atoms with E-state index in [1.54, 1.807) is 53.9 Å². The van der Waals surface area contributed by atoms with Crippen molar-refractivity contribution in [3.8, 4) is 11.3 Å². The monoisotopic (exact) mass is 677 g/mol. The number of hydrogen-bond donors (Lipinski definition) is 0. The summed E-state index contributed by atoms with van der Waals surface area (Å²) in [6.07, 6.45) is 3.14. The van der Waals surface area contributed by atoms with Crippen LogP contribution in [0.1, 0.15) is 0 Å². The molecule has 0 aliphatic carbocycles. The third-order valence-electron chi connectivity index (χ3n) is 8.61. The minimum Gasteiger partial charge on any atom is -0.422 e. The van der Waals surface area contributed by atoms with Crippen LogP contribution in [0.15, 0.2) is 111 Å². The number of fused-ring (bicyclic) bond motifs is 8. The van der Waals surface area contributed by atoms with Gasteiger partial charge in [-0.1, -0.05) is 56.0 Å². The standard InChI is InChI=1S/C36H31N3O5S2Si/c1-47(2,3)20-19-43-22-38-29(24-15-17-37-35-27(24)16-18-39(35)46(41,42)23-9-5-4-6-10-23)21-28-33(38)32-30(44-36(28)40)14-13-26-25-11-7-8-12-31(25)45-34(26)32/h4-18,21H,19-20,22H2,1-3H3. The molecular formula is C36H31N3O5S2Si. The lowest BCUT2D eigenvalue weighted by molar-refractivity contribution is 0.0914. The average molecular weight is 678 g/mol. The second kappa shape index (κ2) is 11.0. The summed E-state index contributed by atoms with van der Waals surface area (Å²) in [6, 6.07) is 26.9. The lowest BCUT2D eigenvalue weighted by atomic mass is 10.1. The molecule has 5 heterocycles. The predicted molar refractivity (Wildman–Crippen MR) is 193 cm³/mol. The number of aromatic nitrogens is 3. The molecule has 8 aromatic rings. The van der Waals surface area contributed by atoms with Crippen LogP contribution >= 0.6 is 11.3 Å². The summed E-state index contributed by atoms with van der Waals surface area (Å²) >= 11 is 1.67. The van der Waals surface area contributed by atoms with Gasteiger partial charge in [0.05, 0.1) is 26.9 Å². The Morgan fingerprint density at radius 1 is 0.894 bits per heavy atom. The SMILES string of the molecule is C[Si](C)(C)CCOCn1c(-c2ccnc3c2ccn3S(=O)(=O)c2ccccc2)cc2c(=O)oc3ccc4c5ccccc5sc4c3c21. The zero-order chi connectivity index (χ0) is 32.5. The van der Waals surface area contributed by atoms with Gasteiger partial charge in [-0.2, -0.15) is 0 Å². The van der Waals surface area contributed by atoms with Gasteiger partial charge in [0.15, 0.2) is 5.65 Å². The molecule has 11 heteroatoms. The van der Waals surface area contributed by atoms with E-state index in [9.17, 15) is 13.2 Å². The molecule has 0 saturated carbocycles. The van der Waals surface area contributed by atoms with Crippen molar-refractivity contribution in [1.82, 2.24) is 13.5 Å². The van der Waals surface area contributed by atoms with Gasteiger partial charge in [-0.25, -0.2) is 22.2 Å².